The minimum Gasteiger partial charge on any atom is -0.305 e. The highest BCUT2D eigenvalue weighted by Gasteiger charge is 2.29. The van der Waals surface area contributed by atoms with Gasteiger partial charge in [-0.2, -0.15) is 0 Å². The van der Waals surface area contributed by atoms with Crippen LogP contribution in [0.1, 0.15) is 37.3 Å². The predicted molar refractivity (Wildman–Crippen MR) is 69.9 cm³/mol. The number of rotatable bonds is 1. The molecule has 16 heavy (non-hydrogen) atoms. The van der Waals surface area contributed by atoms with Crippen molar-refractivity contribution in [3.8, 4) is 0 Å². The largest absolute Gasteiger partial charge is 0.305 e. The molecule has 1 fully saturated rings. The van der Waals surface area contributed by atoms with Crippen LogP contribution >= 0.6 is 0 Å². The van der Waals surface area contributed by atoms with E-state index in [2.05, 4.69) is 50.1 Å². The quantitative estimate of drug-likeness (QED) is 0.697. The zero-order valence-corrected chi connectivity index (χ0v) is 10.8. The summed E-state index contributed by atoms with van der Waals surface area (Å²) in [6.07, 6.45) is 4.02. The van der Waals surface area contributed by atoms with Crippen molar-refractivity contribution < 1.29 is 0 Å². The molecule has 1 nitrogen and oxygen atoms in total. The Morgan fingerprint density at radius 2 is 2.06 bits per heavy atom. The number of aryl methyl sites for hydroxylation is 1. The highest BCUT2D eigenvalue weighted by Crippen LogP contribution is 2.32. The third-order valence-electron chi connectivity index (χ3n) is 3.85. The molecule has 0 radical (unpaired) electrons. The first-order chi connectivity index (χ1) is 7.60. The maximum Gasteiger partial charge on any atom is 0.00729 e. The summed E-state index contributed by atoms with van der Waals surface area (Å²) in [4.78, 5) is 2.48. The summed E-state index contributed by atoms with van der Waals surface area (Å²) < 4.78 is 0. The molecule has 1 atom stereocenters. The van der Waals surface area contributed by atoms with Gasteiger partial charge in [0.1, 0.15) is 0 Å². The molecular formula is C15H23N. The standard InChI is InChI=1S/C15H23N/c1-13-7-6-8-14(11-13)15(2)9-4-5-10-16(3)12-15/h6-8,11H,4-5,9-10,12H2,1-3H3. The Hall–Kier alpha value is -0.820. The van der Waals surface area contributed by atoms with Gasteiger partial charge in [0, 0.05) is 12.0 Å². The smallest absolute Gasteiger partial charge is 0.00729 e. The second-order valence-corrected chi connectivity index (χ2v) is 5.63. The van der Waals surface area contributed by atoms with E-state index in [4.69, 9.17) is 0 Å². The van der Waals surface area contributed by atoms with Gasteiger partial charge in [-0.15, -0.1) is 0 Å². The van der Waals surface area contributed by atoms with Gasteiger partial charge in [0.05, 0.1) is 0 Å². The molecule has 1 unspecified atom stereocenters. The second-order valence-electron chi connectivity index (χ2n) is 5.63. The molecule has 0 bridgehead atoms. The molecule has 2 rings (SSSR count). The van der Waals surface area contributed by atoms with Crippen molar-refractivity contribution in [3.05, 3.63) is 35.4 Å². The molecule has 0 aliphatic carbocycles. The van der Waals surface area contributed by atoms with Crippen molar-refractivity contribution in [1.82, 2.24) is 4.90 Å². The van der Waals surface area contributed by atoms with E-state index in [0.717, 1.165) is 0 Å². The van der Waals surface area contributed by atoms with Crippen LogP contribution in [0.3, 0.4) is 0 Å². The van der Waals surface area contributed by atoms with Crippen LogP contribution in [0.2, 0.25) is 0 Å². The highest BCUT2D eigenvalue weighted by atomic mass is 15.1. The fourth-order valence-corrected chi connectivity index (χ4v) is 2.91. The van der Waals surface area contributed by atoms with E-state index in [1.54, 1.807) is 0 Å². The van der Waals surface area contributed by atoms with Crippen molar-refractivity contribution in [2.24, 2.45) is 0 Å². The third kappa shape index (κ3) is 2.46. The van der Waals surface area contributed by atoms with Crippen molar-refractivity contribution in [1.29, 1.82) is 0 Å². The normalized spacial score (nSPS) is 27.7. The average molecular weight is 217 g/mol. The summed E-state index contributed by atoms with van der Waals surface area (Å²) in [5, 5.41) is 0. The van der Waals surface area contributed by atoms with Crippen molar-refractivity contribution in [2.45, 2.75) is 38.5 Å². The van der Waals surface area contributed by atoms with E-state index < -0.39 is 0 Å². The molecule has 1 aromatic carbocycles. The van der Waals surface area contributed by atoms with Gasteiger partial charge in [0.2, 0.25) is 0 Å². The van der Waals surface area contributed by atoms with Crippen LogP contribution in [0.5, 0.6) is 0 Å². The number of likely N-dealkylation sites (N-methyl/N-ethyl adjacent to an activating group) is 1. The minimum absolute atomic E-state index is 0.345. The maximum atomic E-state index is 2.48. The van der Waals surface area contributed by atoms with Crippen LogP contribution in [0, 0.1) is 6.92 Å². The van der Waals surface area contributed by atoms with E-state index >= 15 is 0 Å². The average Bonchev–Trinajstić information content (AvgIpc) is 2.41. The monoisotopic (exact) mass is 217 g/mol. The zero-order valence-electron chi connectivity index (χ0n) is 10.8. The summed E-state index contributed by atoms with van der Waals surface area (Å²) in [6, 6.07) is 9.04. The molecule has 0 aromatic heterocycles. The Morgan fingerprint density at radius 3 is 2.81 bits per heavy atom. The molecule has 0 saturated carbocycles. The van der Waals surface area contributed by atoms with Crippen molar-refractivity contribution in [2.75, 3.05) is 20.1 Å². The van der Waals surface area contributed by atoms with E-state index in [0.29, 0.717) is 5.41 Å². The number of nitrogens with zero attached hydrogens (tertiary/aromatic N) is 1. The van der Waals surface area contributed by atoms with E-state index in [-0.39, 0.29) is 0 Å². The molecule has 0 amide bonds. The first kappa shape index (κ1) is 11.7. The topological polar surface area (TPSA) is 3.24 Å². The SMILES string of the molecule is Cc1cccc(C2(C)CCCCN(C)C2)c1. The van der Waals surface area contributed by atoms with E-state index in [1.807, 2.05) is 0 Å². The lowest BCUT2D eigenvalue weighted by atomic mass is 9.78. The molecule has 1 heterocycles. The van der Waals surface area contributed by atoms with Gasteiger partial charge in [-0.1, -0.05) is 43.2 Å². The molecule has 1 aliphatic heterocycles. The van der Waals surface area contributed by atoms with Crippen LogP contribution in [0.15, 0.2) is 24.3 Å². The summed E-state index contributed by atoms with van der Waals surface area (Å²) in [7, 11) is 2.25. The van der Waals surface area contributed by atoms with Crippen LogP contribution in [-0.2, 0) is 5.41 Å². The fraction of sp³-hybridized carbons (Fsp3) is 0.600. The molecule has 0 spiro atoms. The summed E-state index contributed by atoms with van der Waals surface area (Å²) in [6.45, 7) is 7.05. The molecule has 1 aromatic rings. The van der Waals surface area contributed by atoms with Crippen LogP contribution < -0.4 is 0 Å². The van der Waals surface area contributed by atoms with E-state index in [9.17, 15) is 0 Å². The molecule has 1 heteroatoms. The summed E-state index contributed by atoms with van der Waals surface area (Å²) in [5.74, 6) is 0. The number of hydrogen-bond acceptors (Lipinski definition) is 1. The lowest BCUT2D eigenvalue weighted by Crippen LogP contribution is -2.35. The first-order valence-electron chi connectivity index (χ1n) is 6.36. The van der Waals surface area contributed by atoms with Gasteiger partial charge in [0.15, 0.2) is 0 Å². The summed E-state index contributed by atoms with van der Waals surface area (Å²) in [5.41, 5.74) is 3.24. The highest BCUT2D eigenvalue weighted by molar-refractivity contribution is 5.29. The Kier molecular flexibility index (Phi) is 3.34. The fourth-order valence-electron chi connectivity index (χ4n) is 2.91. The van der Waals surface area contributed by atoms with Gasteiger partial charge < -0.3 is 4.90 Å². The molecular weight excluding hydrogens is 194 g/mol. The van der Waals surface area contributed by atoms with Gasteiger partial charge in [-0.3, -0.25) is 0 Å². The molecule has 0 N–H and O–H groups in total. The predicted octanol–water partition coefficient (Wildman–Crippen LogP) is 3.37. The Bertz CT molecular complexity index is 358. The maximum absolute atomic E-state index is 2.48. The Balaban J connectivity index is 2.28. The minimum atomic E-state index is 0.345. The van der Waals surface area contributed by atoms with Gasteiger partial charge in [-0.05, 0) is 38.9 Å². The third-order valence-corrected chi connectivity index (χ3v) is 3.85. The lowest BCUT2D eigenvalue weighted by Gasteiger charge is -2.32. The molecule has 88 valence electrons. The lowest BCUT2D eigenvalue weighted by molar-refractivity contribution is 0.278. The number of benzene rings is 1. The Morgan fingerprint density at radius 1 is 1.25 bits per heavy atom. The first-order valence-corrected chi connectivity index (χ1v) is 6.36. The van der Waals surface area contributed by atoms with E-state index in [1.165, 1.54) is 43.5 Å². The van der Waals surface area contributed by atoms with Gasteiger partial charge in [0.25, 0.3) is 0 Å². The van der Waals surface area contributed by atoms with Gasteiger partial charge in [-0.25, -0.2) is 0 Å². The van der Waals surface area contributed by atoms with Crippen LogP contribution in [0.4, 0.5) is 0 Å². The zero-order chi connectivity index (χ0) is 11.6. The second kappa shape index (κ2) is 4.58. The molecule has 1 aliphatic rings. The van der Waals surface area contributed by atoms with Crippen molar-refractivity contribution in [3.63, 3.8) is 0 Å². The number of likely N-dealkylation sites (tertiary alicyclic amines) is 1. The Labute approximate surface area is 99.5 Å². The number of hydrogen-bond donors (Lipinski definition) is 0. The van der Waals surface area contributed by atoms with Gasteiger partial charge >= 0.3 is 0 Å². The van der Waals surface area contributed by atoms with Crippen LogP contribution in [0.25, 0.3) is 0 Å². The molecule has 1 saturated heterocycles. The van der Waals surface area contributed by atoms with Crippen molar-refractivity contribution >= 4 is 0 Å². The summed E-state index contributed by atoms with van der Waals surface area (Å²) >= 11 is 0. The van der Waals surface area contributed by atoms with Crippen LogP contribution in [-0.4, -0.2) is 25.0 Å².